The highest BCUT2D eigenvalue weighted by molar-refractivity contribution is 7.13. The Bertz CT molecular complexity index is 815. The molecule has 0 bridgehead atoms. The van der Waals surface area contributed by atoms with Crippen molar-refractivity contribution in [2.24, 2.45) is 5.73 Å². The monoisotopic (exact) mass is 458 g/mol. The summed E-state index contributed by atoms with van der Waals surface area (Å²) >= 11 is 1.58. The van der Waals surface area contributed by atoms with Gasteiger partial charge in [0.2, 0.25) is 5.91 Å². The molecule has 1 aromatic heterocycles. The summed E-state index contributed by atoms with van der Waals surface area (Å²) in [5, 5.41) is 5.84. The number of thiazole rings is 1. The Labute approximate surface area is 188 Å². The van der Waals surface area contributed by atoms with Crippen LogP contribution < -0.4 is 11.1 Å². The van der Waals surface area contributed by atoms with E-state index in [2.05, 4.69) is 10.3 Å². The predicted molar refractivity (Wildman–Crippen MR) is 122 cm³/mol. The van der Waals surface area contributed by atoms with Gasteiger partial charge in [-0.1, -0.05) is 12.1 Å². The van der Waals surface area contributed by atoms with Crippen LogP contribution in [0.25, 0.3) is 10.6 Å². The molecule has 9 heteroatoms. The number of carbonyl (C=O) groups is 2. The van der Waals surface area contributed by atoms with Crippen LogP contribution in [0.2, 0.25) is 0 Å². The van der Waals surface area contributed by atoms with Gasteiger partial charge < -0.3 is 16.0 Å². The van der Waals surface area contributed by atoms with Crippen molar-refractivity contribution in [2.45, 2.75) is 38.6 Å². The second-order valence-corrected chi connectivity index (χ2v) is 7.72. The summed E-state index contributed by atoms with van der Waals surface area (Å²) in [6.07, 6.45) is 3.28. The van der Waals surface area contributed by atoms with Crippen molar-refractivity contribution in [1.82, 2.24) is 15.2 Å². The fourth-order valence-corrected chi connectivity index (χ4v) is 4.16. The van der Waals surface area contributed by atoms with Crippen LogP contribution in [0.15, 0.2) is 29.6 Å². The first-order chi connectivity index (χ1) is 13.1. The lowest BCUT2D eigenvalue weighted by molar-refractivity contribution is -0.121. The molecular weight excluding hydrogens is 431 g/mol. The predicted octanol–water partition coefficient (Wildman–Crippen LogP) is 3.42. The fourth-order valence-electron chi connectivity index (χ4n) is 3.37. The van der Waals surface area contributed by atoms with Crippen molar-refractivity contribution in [1.29, 1.82) is 0 Å². The largest absolute Gasteiger partial charge is 0.354 e. The van der Waals surface area contributed by atoms with Gasteiger partial charge in [-0.2, -0.15) is 0 Å². The zero-order valence-corrected chi connectivity index (χ0v) is 18.9. The molecule has 1 aliphatic heterocycles. The highest BCUT2D eigenvalue weighted by Crippen LogP contribution is 2.26. The number of rotatable bonds is 6. The molecule has 160 valence electrons. The smallest absolute Gasteiger partial charge is 0.254 e. The van der Waals surface area contributed by atoms with Crippen molar-refractivity contribution in [3.63, 3.8) is 0 Å². The van der Waals surface area contributed by atoms with Gasteiger partial charge in [0.15, 0.2) is 0 Å². The zero-order chi connectivity index (χ0) is 19.2. The van der Waals surface area contributed by atoms with Gasteiger partial charge in [0.05, 0.1) is 0 Å². The first-order valence-corrected chi connectivity index (χ1v) is 10.3. The molecule has 3 N–H and O–H groups in total. The van der Waals surface area contributed by atoms with Gasteiger partial charge in [-0.25, -0.2) is 4.98 Å². The van der Waals surface area contributed by atoms with Crippen LogP contribution in [0.3, 0.4) is 0 Å². The number of halogens is 2. The maximum Gasteiger partial charge on any atom is 0.254 e. The molecule has 0 radical (unpaired) electrons. The van der Waals surface area contributed by atoms with Crippen LogP contribution >= 0.6 is 36.2 Å². The molecule has 29 heavy (non-hydrogen) atoms. The van der Waals surface area contributed by atoms with Crippen molar-refractivity contribution < 1.29 is 9.59 Å². The molecule has 1 aliphatic rings. The quantitative estimate of drug-likeness (QED) is 0.693. The number of nitrogens with two attached hydrogens (primary N) is 1. The number of benzene rings is 1. The first kappa shape index (κ1) is 25.4. The maximum absolute atomic E-state index is 13.1. The standard InChI is InChI=1S/C20H26N4O2S.2ClH/c1-14-13-27-19(23-14)15-5-4-6-16(11-15)20(26)24-10-3-2-7-17(24)12-22-18(25)8-9-21;;/h4-6,11,13,17H,2-3,7-10,12,21H2,1H3,(H,22,25);2*1H. The van der Waals surface area contributed by atoms with Crippen LogP contribution in [-0.2, 0) is 4.79 Å². The molecule has 1 saturated heterocycles. The van der Waals surface area contributed by atoms with Gasteiger partial charge in [0.1, 0.15) is 5.01 Å². The molecule has 1 fully saturated rings. The number of hydrogen-bond donors (Lipinski definition) is 2. The van der Waals surface area contributed by atoms with Crippen molar-refractivity contribution in [3.05, 3.63) is 40.9 Å². The SMILES string of the molecule is Cc1csc(-c2cccc(C(=O)N3CCCCC3CNC(=O)CCN)c2)n1.Cl.Cl. The molecule has 2 heterocycles. The minimum atomic E-state index is -0.0587. The van der Waals surface area contributed by atoms with Gasteiger partial charge in [-0.3, -0.25) is 9.59 Å². The Morgan fingerprint density at radius 1 is 1.31 bits per heavy atom. The number of likely N-dealkylation sites (tertiary alicyclic amines) is 1. The van der Waals surface area contributed by atoms with Crippen LogP contribution in [0, 0.1) is 6.92 Å². The average molecular weight is 459 g/mol. The molecule has 1 aromatic carbocycles. The summed E-state index contributed by atoms with van der Waals surface area (Å²) < 4.78 is 0. The van der Waals surface area contributed by atoms with Gasteiger partial charge in [-0.05, 0) is 38.3 Å². The van der Waals surface area contributed by atoms with E-state index in [1.807, 2.05) is 41.5 Å². The molecule has 2 aromatic rings. The molecule has 0 aliphatic carbocycles. The van der Waals surface area contributed by atoms with Gasteiger partial charge in [-0.15, -0.1) is 36.2 Å². The third-order valence-electron chi connectivity index (χ3n) is 4.77. The number of carbonyl (C=O) groups excluding carboxylic acids is 2. The topological polar surface area (TPSA) is 88.3 Å². The van der Waals surface area contributed by atoms with E-state index >= 15 is 0 Å². The van der Waals surface area contributed by atoms with Crippen molar-refractivity contribution in [2.75, 3.05) is 19.6 Å². The van der Waals surface area contributed by atoms with Crippen LogP contribution in [0.1, 0.15) is 41.7 Å². The van der Waals surface area contributed by atoms with Crippen LogP contribution in [-0.4, -0.2) is 47.4 Å². The second kappa shape index (κ2) is 12.1. The summed E-state index contributed by atoms with van der Waals surface area (Å²) in [4.78, 5) is 31.3. The number of hydrogen-bond acceptors (Lipinski definition) is 5. The normalized spacial score (nSPS) is 15.8. The van der Waals surface area contributed by atoms with Crippen LogP contribution in [0.5, 0.6) is 0 Å². The summed E-state index contributed by atoms with van der Waals surface area (Å²) in [7, 11) is 0. The van der Waals surface area contributed by atoms with E-state index in [0.29, 0.717) is 25.1 Å². The Morgan fingerprint density at radius 3 is 2.79 bits per heavy atom. The molecular formula is C20H28Cl2N4O2S. The maximum atomic E-state index is 13.1. The van der Waals surface area contributed by atoms with E-state index < -0.39 is 0 Å². The molecule has 6 nitrogen and oxygen atoms in total. The van der Waals surface area contributed by atoms with Crippen molar-refractivity contribution in [3.8, 4) is 10.6 Å². The summed E-state index contributed by atoms with van der Waals surface area (Å²) in [5.41, 5.74) is 8.04. The molecule has 3 rings (SSSR count). The number of aromatic nitrogens is 1. The van der Waals surface area contributed by atoms with E-state index in [-0.39, 0.29) is 42.7 Å². The lowest BCUT2D eigenvalue weighted by atomic mass is 10.00. The second-order valence-electron chi connectivity index (χ2n) is 6.87. The van der Waals surface area contributed by atoms with E-state index in [1.165, 1.54) is 0 Å². The lowest BCUT2D eigenvalue weighted by Crippen LogP contribution is -2.49. The lowest BCUT2D eigenvalue weighted by Gasteiger charge is -2.36. The van der Waals surface area contributed by atoms with E-state index in [0.717, 1.165) is 42.1 Å². The summed E-state index contributed by atoms with van der Waals surface area (Å²) in [5.74, 6) is -0.0421. The van der Waals surface area contributed by atoms with Crippen molar-refractivity contribution >= 4 is 48.0 Å². The molecule has 0 saturated carbocycles. The Balaban J connectivity index is 0.00000210. The molecule has 0 spiro atoms. The van der Waals surface area contributed by atoms with Crippen LogP contribution in [0.4, 0.5) is 0 Å². The van der Waals surface area contributed by atoms with E-state index in [1.54, 1.807) is 11.3 Å². The first-order valence-electron chi connectivity index (χ1n) is 9.39. The minimum absolute atomic E-state index is 0. The Hall–Kier alpha value is -1.67. The van der Waals surface area contributed by atoms with Gasteiger partial charge in [0, 0.05) is 54.3 Å². The number of aryl methyl sites for hydroxylation is 1. The molecule has 1 unspecified atom stereocenters. The summed E-state index contributed by atoms with van der Waals surface area (Å²) in [6, 6.07) is 7.68. The number of amides is 2. The van der Waals surface area contributed by atoms with Gasteiger partial charge in [0.25, 0.3) is 5.91 Å². The Kier molecular flexibility index (Phi) is 10.6. The third-order valence-corrected chi connectivity index (χ3v) is 5.78. The highest BCUT2D eigenvalue weighted by Gasteiger charge is 2.28. The number of nitrogens with one attached hydrogen (secondary N) is 1. The highest BCUT2D eigenvalue weighted by atomic mass is 35.5. The van der Waals surface area contributed by atoms with Gasteiger partial charge >= 0.3 is 0 Å². The number of nitrogens with zero attached hydrogens (tertiary/aromatic N) is 2. The molecule has 2 amide bonds. The van der Waals surface area contributed by atoms with E-state index in [9.17, 15) is 9.59 Å². The Morgan fingerprint density at radius 2 is 2.10 bits per heavy atom. The van der Waals surface area contributed by atoms with E-state index in [4.69, 9.17) is 5.73 Å². The molecule has 1 atom stereocenters. The number of piperidine rings is 1. The summed E-state index contributed by atoms with van der Waals surface area (Å²) in [6.45, 7) is 3.50. The minimum Gasteiger partial charge on any atom is -0.354 e. The fraction of sp³-hybridized carbons (Fsp3) is 0.450. The third kappa shape index (κ3) is 6.67. The average Bonchev–Trinajstić information content (AvgIpc) is 3.13. The zero-order valence-electron chi connectivity index (χ0n) is 16.4.